The summed E-state index contributed by atoms with van der Waals surface area (Å²) in [5.74, 6) is 0.791. The largest absolute Gasteiger partial charge is 0.310 e. The molecule has 2 unspecified atom stereocenters. The van der Waals surface area contributed by atoms with Crippen LogP contribution >= 0.6 is 0 Å². The molecule has 2 nitrogen and oxygen atoms in total. The van der Waals surface area contributed by atoms with Crippen LogP contribution in [0.4, 0.5) is 0 Å². The zero-order chi connectivity index (χ0) is 35.3. The van der Waals surface area contributed by atoms with Crippen molar-refractivity contribution >= 4 is 0 Å². The highest BCUT2D eigenvalue weighted by Gasteiger charge is 2.19. The SMILES string of the molecule is C=C(CCCCCCCCCCC(CCCCCCCCCC)N(NC)/C(=C/C)CCCCCCCC)C(CCCC)CCCCCC. The van der Waals surface area contributed by atoms with Crippen molar-refractivity contribution in [1.29, 1.82) is 0 Å². The van der Waals surface area contributed by atoms with E-state index in [1.165, 1.54) is 224 Å². The number of unbranched alkanes of at least 4 members (excludes halogenated alkanes) is 23. The van der Waals surface area contributed by atoms with Gasteiger partial charge in [-0.15, -0.1) is 0 Å². The van der Waals surface area contributed by atoms with Crippen LogP contribution in [0.5, 0.6) is 0 Å². The average molecular weight is 673 g/mol. The van der Waals surface area contributed by atoms with E-state index in [-0.39, 0.29) is 0 Å². The summed E-state index contributed by atoms with van der Waals surface area (Å²) in [6, 6.07) is 0.641. The lowest BCUT2D eigenvalue weighted by molar-refractivity contribution is 0.158. The van der Waals surface area contributed by atoms with Crippen LogP contribution in [0.15, 0.2) is 23.9 Å². The second kappa shape index (κ2) is 37.5. The first-order chi connectivity index (χ1) is 23.6. The van der Waals surface area contributed by atoms with E-state index in [0.717, 1.165) is 5.92 Å². The first-order valence-electron chi connectivity index (χ1n) is 22.4. The monoisotopic (exact) mass is 673 g/mol. The van der Waals surface area contributed by atoms with Crippen molar-refractivity contribution in [2.45, 2.75) is 259 Å². The molecule has 0 aliphatic rings. The van der Waals surface area contributed by atoms with Crippen molar-refractivity contribution in [3.63, 3.8) is 0 Å². The molecule has 0 fully saturated rings. The van der Waals surface area contributed by atoms with E-state index >= 15 is 0 Å². The summed E-state index contributed by atoms with van der Waals surface area (Å²) < 4.78 is 0. The van der Waals surface area contributed by atoms with Gasteiger partial charge in [0, 0.05) is 18.8 Å². The molecule has 0 aromatic heterocycles. The predicted octanol–water partition coefficient (Wildman–Crippen LogP) is 16.2. The Hall–Kier alpha value is -0.760. The number of nitrogens with one attached hydrogen (secondary N) is 1. The summed E-state index contributed by atoms with van der Waals surface area (Å²) in [7, 11) is 2.17. The van der Waals surface area contributed by atoms with Gasteiger partial charge in [0.25, 0.3) is 0 Å². The molecule has 0 radical (unpaired) electrons. The smallest absolute Gasteiger partial charge is 0.0451 e. The van der Waals surface area contributed by atoms with Crippen molar-refractivity contribution in [2.24, 2.45) is 5.92 Å². The number of rotatable bonds is 39. The summed E-state index contributed by atoms with van der Waals surface area (Å²) in [4.78, 5) is 0. The molecular formula is C46H92N2. The van der Waals surface area contributed by atoms with Crippen molar-refractivity contribution in [3.05, 3.63) is 23.9 Å². The lowest BCUT2D eigenvalue weighted by atomic mass is 9.86. The van der Waals surface area contributed by atoms with Crippen LogP contribution in [0.25, 0.3) is 0 Å². The van der Waals surface area contributed by atoms with E-state index < -0.39 is 0 Å². The lowest BCUT2D eigenvalue weighted by Crippen LogP contribution is -2.43. The summed E-state index contributed by atoms with van der Waals surface area (Å²) in [6.45, 7) is 16.1. The summed E-state index contributed by atoms with van der Waals surface area (Å²) in [5, 5.41) is 2.60. The minimum absolute atomic E-state index is 0.641. The van der Waals surface area contributed by atoms with E-state index in [1.54, 1.807) is 5.57 Å². The Kier molecular flexibility index (Phi) is 36.9. The van der Waals surface area contributed by atoms with E-state index in [2.05, 4.69) is 64.8 Å². The fourth-order valence-corrected chi connectivity index (χ4v) is 7.78. The quantitative estimate of drug-likeness (QED) is 0.0397. The fourth-order valence-electron chi connectivity index (χ4n) is 7.78. The lowest BCUT2D eigenvalue weighted by Gasteiger charge is -2.35. The van der Waals surface area contributed by atoms with Crippen molar-refractivity contribution in [3.8, 4) is 0 Å². The van der Waals surface area contributed by atoms with E-state index in [4.69, 9.17) is 0 Å². The minimum Gasteiger partial charge on any atom is -0.310 e. The molecule has 286 valence electrons. The number of hydrogen-bond donors (Lipinski definition) is 1. The van der Waals surface area contributed by atoms with E-state index in [1.807, 2.05) is 0 Å². The molecule has 0 saturated carbocycles. The van der Waals surface area contributed by atoms with Gasteiger partial charge in [-0.05, 0) is 64.2 Å². The van der Waals surface area contributed by atoms with Crippen LogP contribution in [0, 0.1) is 5.92 Å². The third-order valence-corrected chi connectivity index (χ3v) is 11.1. The Bertz CT molecular complexity index is 682. The first-order valence-corrected chi connectivity index (χ1v) is 22.4. The average Bonchev–Trinajstić information content (AvgIpc) is 3.10. The summed E-state index contributed by atoms with van der Waals surface area (Å²) in [6.07, 6.45) is 49.4. The third kappa shape index (κ3) is 28.0. The van der Waals surface area contributed by atoms with Gasteiger partial charge in [-0.2, -0.15) is 0 Å². The van der Waals surface area contributed by atoms with Gasteiger partial charge in [0.1, 0.15) is 0 Å². The summed E-state index contributed by atoms with van der Waals surface area (Å²) >= 11 is 0. The van der Waals surface area contributed by atoms with Gasteiger partial charge in [0.2, 0.25) is 0 Å². The minimum atomic E-state index is 0.641. The Morgan fingerprint density at radius 2 is 0.833 bits per heavy atom. The molecule has 0 aromatic rings. The molecule has 0 bridgehead atoms. The van der Waals surface area contributed by atoms with Crippen molar-refractivity contribution in [2.75, 3.05) is 7.05 Å². The maximum atomic E-state index is 4.58. The van der Waals surface area contributed by atoms with Gasteiger partial charge in [0.05, 0.1) is 0 Å². The molecule has 0 amide bonds. The number of hydrazine groups is 1. The molecule has 0 aliphatic carbocycles. The third-order valence-electron chi connectivity index (χ3n) is 11.1. The predicted molar refractivity (Wildman–Crippen MR) is 221 cm³/mol. The van der Waals surface area contributed by atoms with Gasteiger partial charge in [-0.25, -0.2) is 5.43 Å². The van der Waals surface area contributed by atoms with Crippen LogP contribution < -0.4 is 5.43 Å². The molecular weight excluding hydrogens is 581 g/mol. The zero-order valence-corrected chi connectivity index (χ0v) is 34.4. The highest BCUT2D eigenvalue weighted by Crippen LogP contribution is 2.28. The van der Waals surface area contributed by atoms with Crippen molar-refractivity contribution in [1.82, 2.24) is 10.4 Å². The van der Waals surface area contributed by atoms with Gasteiger partial charge in [-0.1, -0.05) is 213 Å². The molecule has 0 spiro atoms. The number of allylic oxidation sites excluding steroid dienone is 3. The molecule has 0 aromatic carbocycles. The van der Waals surface area contributed by atoms with Gasteiger partial charge in [-0.3, -0.25) is 0 Å². The topological polar surface area (TPSA) is 15.3 Å². The maximum absolute atomic E-state index is 4.58. The van der Waals surface area contributed by atoms with E-state index in [9.17, 15) is 0 Å². The molecule has 0 aliphatic heterocycles. The number of hydrogen-bond acceptors (Lipinski definition) is 2. The molecule has 0 heterocycles. The van der Waals surface area contributed by atoms with Gasteiger partial charge in [0.15, 0.2) is 0 Å². The highest BCUT2D eigenvalue weighted by atomic mass is 15.5. The first kappa shape index (κ1) is 47.2. The Balaban J connectivity index is 4.54. The second-order valence-corrected chi connectivity index (χ2v) is 15.5. The number of nitrogens with zero attached hydrogens (tertiary/aromatic N) is 1. The highest BCUT2D eigenvalue weighted by molar-refractivity contribution is 5.01. The standard InChI is InChI=1S/C46H92N2/c1-8-13-17-20-22-26-30-35-41-46(48(47-7)45(12-5)40-34-29-21-18-14-9-2)42-36-31-27-24-23-25-28-32-37-43(6)44(38-16-11-4)39-33-19-15-10-3/h12,44,46-47H,6,8-11,13-42H2,1-5,7H3/b45-12+. The Morgan fingerprint density at radius 1 is 0.479 bits per heavy atom. The van der Waals surface area contributed by atoms with E-state index in [0.29, 0.717) is 6.04 Å². The molecule has 0 rings (SSSR count). The van der Waals surface area contributed by atoms with Crippen LogP contribution in [-0.2, 0) is 0 Å². The molecule has 48 heavy (non-hydrogen) atoms. The Labute approximate surface area is 305 Å². The molecule has 1 N–H and O–H groups in total. The van der Waals surface area contributed by atoms with Crippen molar-refractivity contribution < 1.29 is 0 Å². The van der Waals surface area contributed by atoms with Gasteiger partial charge >= 0.3 is 0 Å². The zero-order valence-electron chi connectivity index (χ0n) is 34.4. The molecule has 0 saturated heterocycles. The second-order valence-electron chi connectivity index (χ2n) is 15.5. The maximum Gasteiger partial charge on any atom is 0.0451 e. The summed E-state index contributed by atoms with van der Waals surface area (Å²) in [5.41, 5.74) is 6.78. The van der Waals surface area contributed by atoms with Crippen LogP contribution in [0.1, 0.15) is 253 Å². The fraction of sp³-hybridized carbons (Fsp3) is 0.913. The normalized spacial score (nSPS) is 13.2. The Morgan fingerprint density at radius 3 is 1.27 bits per heavy atom. The van der Waals surface area contributed by atoms with Gasteiger partial charge < -0.3 is 5.01 Å². The van der Waals surface area contributed by atoms with Crippen LogP contribution in [0.2, 0.25) is 0 Å². The van der Waals surface area contributed by atoms with Crippen LogP contribution in [-0.4, -0.2) is 18.1 Å². The molecule has 2 heteroatoms. The molecule has 2 atom stereocenters. The van der Waals surface area contributed by atoms with Crippen LogP contribution in [0.3, 0.4) is 0 Å².